The van der Waals surface area contributed by atoms with Crippen LogP contribution in [-0.2, 0) is 11.3 Å². The molecule has 0 unspecified atom stereocenters. The number of ether oxygens (including phenoxy) is 1. The Morgan fingerprint density at radius 2 is 2.30 bits per heavy atom. The third-order valence-corrected chi connectivity index (χ3v) is 3.00. The van der Waals surface area contributed by atoms with Crippen molar-refractivity contribution < 1.29 is 13.9 Å². The summed E-state index contributed by atoms with van der Waals surface area (Å²) in [7, 11) is 1.29. The second kappa shape index (κ2) is 6.13. The molecule has 102 valence electrons. The van der Waals surface area contributed by atoms with Gasteiger partial charge in [-0.1, -0.05) is 11.6 Å². The Morgan fingerprint density at radius 1 is 1.50 bits per heavy atom. The predicted octanol–water partition coefficient (Wildman–Crippen LogP) is 3.20. The van der Waals surface area contributed by atoms with Crippen molar-refractivity contribution in [3.05, 3.63) is 52.4 Å². The average molecular weight is 291 g/mol. The number of hydrogen-bond acceptors (Lipinski definition) is 5. The van der Waals surface area contributed by atoms with E-state index < -0.39 is 5.97 Å². The van der Waals surface area contributed by atoms with Crippen LogP contribution < -0.4 is 5.32 Å². The first kappa shape index (κ1) is 14.0. The molecule has 0 aliphatic heterocycles. The summed E-state index contributed by atoms with van der Waals surface area (Å²) in [6, 6.07) is 8.69. The smallest absolute Gasteiger partial charge is 0.374 e. The van der Waals surface area contributed by atoms with E-state index in [0.717, 1.165) is 5.69 Å². The number of benzene rings is 1. The van der Waals surface area contributed by atoms with Gasteiger partial charge in [-0.2, -0.15) is 5.26 Å². The number of methoxy groups -OCH3 is 1. The van der Waals surface area contributed by atoms with Gasteiger partial charge in [0.2, 0.25) is 5.76 Å². The molecule has 5 nitrogen and oxygen atoms in total. The molecule has 0 aliphatic carbocycles. The molecule has 6 heteroatoms. The molecule has 0 amide bonds. The van der Waals surface area contributed by atoms with Crippen LogP contribution in [0.5, 0.6) is 0 Å². The fourth-order valence-corrected chi connectivity index (χ4v) is 1.88. The summed E-state index contributed by atoms with van der Waals surface area (Å²) in [5.41, 5.74) is 1.83. The number of carbonyl (C=O) groups is 1. The van der Waals surface area contributed by atoms with Crippen molar-refractivity contribution in [3.8, 4) is 6.07 Å². The third kappa shape index (κ3) is 2.92. The van der Waals surface area contributed by atoms with E-state index in [9.17, 15) is 4.79 Å². The van der Waals surface area contributed by atoms with Crippen LogP contribution in [0.2, 0.25) is 5.02 Å². The lowest BCUT2D eigenvalue weighted by molar-refractivity contribution is 0.0563. The number of hydrogen-bond donors (Lipinski definition) is 1. The van der Waals surface area contributed by atoms with Gasteiger partial charge in [0.15, 0.2) is 0 Å². The lowest BCUT2D eigenvalue weighted by Crippen LogP contribution is -2.06. The van der Waals surface area contributed by atoms with Gasteiger partial charge in [0.25, 0.3) is 0 Å². The van der Waals surface area contributed by atoms with E-state index in [1.807, 2.05) is 6.07 Å². The number of nitrogens with zero attached hydrogens (tertiary/aromatic N) is 1. The van der Waals surface area contributed by atoms with Crippen molar-refractivity contribution in [2.45, 2.75) is 6.54 Å². The zero-order chi connectivity index (χ0) is 14.5. The van der Waals surface area contributed by atoms with E-state index in [1.165, 1.54) is 13.4 Å². The molecule has 0 saturated carbocycles. The van der Waals surface area contributed by atoms with Gasteiger partial charge in [-0.15, -0.1) is 0 Å². The number of esters is 1. The van der Waals surface area contributed by atoms with Crippen molar-refractivity contribution in [2.24, 2.45) is 0 Å². The summed E-state index contributed by atoms with van der Waals surface area (Å²) < 4.78 is 9.70. The van der Waals surface area contributed by atoms with Crippen LogP contribution in [0, 0.1) is 11.3 Å². The topological polar surface area (TPSA) is 75.3 Å². The SMILES string of the molecule is COC(=O)c1occc1CNc1ccc(C#N)c(Cl)c1. The number of rotatable bonds is 4. The Kier molecular flexibility index (Phi) is 4.28. The zero-order valence-electron chi connectivity index (χ0n) is 10.6. The van der Waals surface area contributed by atoms with Crippen molar-refractivity contribution in [1.29, 1.82) is 5.26 Å². The summed E-state index contributed by atoms with van der Waals surface area (Å²) in [4.78, 5) is 11.4. The minimum absolute atomic E-state index is 0.166. The highest BCUT2D eigenvalue weighted by Gasteiger charge is 2.15. The molecular formula is C14H11ClN2O3. The molecule has 1 heterocycles. The van der Waals surface area contributed by atoms with E-state index in [-0.39, 0.29) is 5.76 Å². The highest BCUT2D eigenvalue weighted by molar-refractivity contribution is 6.32. The molecule has 0 saturated heterocycles. The molecule has 2 aromatic rings. The van der Waals surface area contributed by atoms with E-state index in [4.69, 9.17) is 21.3 Å². The first-order valence-corrected chi connectivity index (χ1v) is 6.11. The molecule has 1 aromatic heterocycles. The molecule has 1 aromatic carbocycles. The van der Waals surface area contributed by atoms with E-state index in [0.29, 0.717) is 22.7 Å². The number of anilines is 1. The van der Waals surface area contributed by atoms with Crippen molar-refractivity contribution in [3.63, 3.8) is 0 Å². The predicted molar refractivity (Wildman–Crippen MR) is 73.5 cm³/mol. The molecule has 20 heavy (non-hydrogen) atoms. The Balaban J connectivity index is 2.10. The number of nitriles is 1. The summed E-state index contributed by atoms with van der Waals surface area (Å²) in [6.07, 6.45) is 1.43. The molecular weight excluding hydrogens is 280 g/mol. The van der Waals surface area contributed by atoms with Gasteiger partial charge in [0.1, 0.15) is 6.07 Å². The number of halogens is 1. The molecule has 0 atom stereocenters. The van der Waals surface area contributed by atoms with E-state index >= 15 is 0 Å². The number of carbonyl (C=O) groups excluding carboxylic acids is 1. The van der Waals surface area contributed by atoms with Gasteiger partial charge < -0.3 is 14.5 Å². The Labute approximate surface area is 120 Å². The van der Waals surface area contributed by atoms with Crippen LogP contribution in [0.4, 0.5) is 5.69 Å². The number of nitrogens with one attached hydrogen (secondary N) is 1. The van der Waals surface area contributed by atoms with Gasteiger partial charge in [0.05, 0.1) is 24.0 Å². The maximum atomic E-state index is 11.4. The van der Waals surface area contributed by atoms with Gasteiger partial charge >= 0.3 is 5.97 Å². The molecule has 0 spiro atoms. The molecule has 0 bridgehead atoms. The van der Waals surface area contributed by atoms with Crippen molar-refractivity contribution in [1.82, 2.24) is 0 Å². The molecule has 1 N–H and O–H groups in total. The minimum atomic E-state index is -0.523. The van der Waals surface area contributed by atoms with Crippen LogP contribution in [-0.4, -0.2) is 13.1 Å². The van der Waals surface area contributed by atoms with Crippen LogP contribution in [0.25, 0.3) is 0 Å². The third-order valence-electron chi connectivity index (χ3n) is 2.69. The average Bonchev–Trinajstić information content (AvgIpc) is 2.93. The monoisotopic (exact) mass is 290 g/mol. The lowest BCUT2D eigenvalue weighted by Gasteiger charge is -2.07. The molecule has 0 aliphatic rings. The van der Waals surface area contributed by atoms with Crippen LogP contribution in [0.15, 0.2) is 34.9 Å². The Morgan fingerprint density at radius 3 is 2.95 bits per heavy atom. The first-order chi connectivity index (χ1) is 9.65. The van der Waals surface area contributed by atoms with Gasteiger partial charge in [0, 0.05) is 17.8 Å². The van der Waals surface area contributed by atoms with Crippen LogP contribution >= 0.6 is 11.6 Å². The summed E-state index contributed by atoms with van der Waals surface area (Å²) in [5, 5.41) is 12.3. The van der Waals surface area contributed by atoms with Crippen molar-refractivity contribution in [2.75, 3.05) is 12.4 Å². The molecule has 0 radical (unpaired) electrons. The quantitative estimate of drug-likeness (QED) is 0.875. The lowest BCUT2D eigenvalue weighted by atomic mass is 10.2. The highest BCUT2D eigenvalue weighted by atomic mass is 35.5. The molecule has 2 rings (SSSR count). The second-order valence-corrected chi connectivity index (χ2v) is 4.33. The fraction of sp³-hybridized carbons (Fsp3) is 0.143. The van der Waals surface area contributed by atoms with E-state index in [1.54, 1.807) is 24.3 Å². The summed E-state index contributed by atoms with van der Waals surface area (Å²) in [5.74, 6) is -0.357. The van der Waals surface area contributed by atoms with Crippen LogP contribution in [0.3, 0.4) is 0 Å². The summed E-state index contributed by atoms with van der Waals surface area (Å²) >= 11 is 5.94. The fourth-order valence-electron chi connectivity index (χ4n) is 1.66. The van der Waals surface area contributed by atoms with Gasteiger partial charge in [-0.25, -0.2) is 4.79 Å². The second-order valence-electron chi connectivity index (χ2n) is 3.93. The zero-order valence-corrected chi connectivity index (χ0v) is 11.4. The normalized spacial score (nSPS) is 9.85. The van der Waals surface area contributed by atoms with Crippen molar-refractivity contribution >= 4 is 23.3 Å². The maximum absolute atomic E-state index is 11.4. The van der Waals surface area contributed by atoms with Gasteiger partial charge in [-0.05, 0) is 24.3 Å². The Bertz CT molecular complexity index is 673. The number of furan rings is 1. The van der Waals surface area contributed by atoms with Gasteiger partial charge in [-0.3, -0.25) is 0 Å². The van der Waals surface area contributed by atoms with E-state index in [2.05, 4.69) is 10.1 Å². The minimum Gasteiger partial charge on any atom is -0.463 e. The standard InChI is InChI=1S/C14H11ClN2O3/c1-19-14(18)13-10(4-5-20-13)8-17-11-3-2-9(7-16)12(15)6-11/h2-6,17H,8H2,1H3. The highest BCUT2D eigenvalue weighted by Crippen LogP contribution is 2.21. The largest absolute Gasteiger partial charge is 0.463 e. The first-order valence-electron chi connectivity index (χ1n) is 5.74. The maximum Gasteiger partial charge on any atom is 0.374 e. The molecule has 0 fully saturated rings. The van der Waals surface area contributed by atoms with Crippen LogP contribution in [0.1, 0.15) is 21.7 Å². The Hall–Kier alpha value is -2.45. The summed E-state index contributed by atoms with van der Waals surface area (Å²) in [6.45, 7) is 0.378.